The first-order valence-corrected chi connectivity index (χ1v) is 9.46. The molecule has 0 spiro atoms. The van der Waals surface area contributed by atoms with E-state index in [-0.39, 0.29) is 11.8 Å². The van der Waals surface area contributed by atoms with Crippen LogP contribution in [-0.4, -0.2) is 48.6 Å². The molecule has 1 unspecified atom stereocenters. The summed E-state index contributed by atoms with van der Waals surface area (Å²) in [5.74, 6) is 2.17. The maximum absolute atomic E-state index is 12.8. The highest BCUT2D eigenvalue weighted by Gasteiger charge is 2.27. The van der Waals surface area contributed by atoms with Gasteiger partial charge in [-0.15, -0.1) is 0 Å². The Morgan fingerprint density at radius 3 is 3.04 bits per heavy atom. The number of nitrogens with zero attached hydrogens (tertiary/aromatic N) is 5. The number of H-pyrrole nitrogens is 1. The lowest BCUT2D eigenvalue weighted by Crippen LogP contribution is -2.39. The van der Waals surface area contributed by atoms with Crippen molar-refractivity contribution in [1.29, 1.82) is 0 Å². The van der Waals surface area contributed by atoms with E-state index in [4.69, 9.17) is 4.98 Å². The molecule has 0 radical (unpaired) electrons. The summed E-state index contributed by atoms with van der Waals surface area (Å²) >= 11 is 0. The van der Waals surface area contributed by atoms with Crippen molar-refractivity contribution in [2.75, 3.05) is 13.1 Å². The van der Waals surface area contributed by atoms with Crippen molar-refractivity contribution in [2.24, 2.45) is 0 Å². The number of piperidine rings is 1. The van der Waals surface area contributed by atoms with Gasteiger partial charge in [-0.25, -0.2) is 9.97 Å². The minimum absolute atomic E-state index is 0.0463. The molecule has 1 N–H and O–H groups in total. The van der Waals surface area contributed by atoms with Gasteiger partial charge < -0.3 is 4.90 Å². The third-order valence-electron chi connectivity index (χ3n) is 5.22. The van der Waals surface area contributed by atoms with Crippen LogP contribution in [0.5, 0.6) is 0 Å². The molecule has 1 saturated heterocycles. The molecule has 1 fully saturated rings. The van der Waals surface area contributed by atoms with Crippen molar-refractivity contribution in [1.82, 2.24) is 29.6 Å². The maximum Gasteiger partial charge on any atom is 0.257 e. The van der Waals surface area contributed by atoms with Gasteiger partial charge in [0.05, 0.1) is 11.8 Å². The zero-order valence-corrected chi connectivity index (χ0v) is 15.7. The fourth-order valence-corrected chi connectivity index (χ4v) is 3.75. The molecule has 1 atom stereocenters. The molecule has 0 aromatic carbocycles. The smallest absolute Gasteiger partial charge is 0.257 e. The van der Waals surface area contributed by atoms with E-state index in [0.29, 0.717) is 12.1 Å². The lowest BCUT2D eigenvalue weighted by molar-refractivity contribution is 0.0705. The molecule has 7 nitrogen and oxygen atoms in total. The van der Waals surface area contributed by atoms with Crippen molar-refractivity contribution in [2.45, 2.75) is 39.0 Å². The summed E-state index contributed by atoms with van der Waals surface area (Å²) < 4.78 is 2.03. The molecule has 0 bridgehead atoms. The van der Waals surface area contributed by atoms with Crippen molar-refractivity contribution in [3.63, 3.8) is 0 Å². The number of amides is 1. The van der Waals surface area contributed by atoms with Gasteiger partial charge in [-0.1, -0.05) is 13.0 Å². The van der Waals surface area contributed by atoms with Crippen LogP contribution in [0.3, 0.4) is 0 Å². The second kappa shape index (κ2) is 7.34. The van der Waals surface area contributed by atoms with Crippen molar-refractivity contribution >= 4 is 5.91 Å². The zero-order chi connectivity index (χ0) is 18.8. The molecular weight excluding hydrogens is 340 g/mol. The van der Waals surface area contributed by atoms with Gasteiger partial charge in [0.1, 0.15) is 11.6 Å². The standard InChI is InChI=1S/C20H24N6O/c1-3-18-21-9-11-26(18)19-8-4-7-17(23-19)15-6-5-10-25(13-15)20(27)16-12-22-24-14(16)2/h4,7-9,11-12,15H,3,5-6,10,13H2,1-2H3,(H,22,24). The number of pyridine rings is 1. The van der Waals surface area contributed by atoms with Gasteiger partial charge in [0.25, 0.3) is 5.91 Å². The quantitative estimate of drug-likeness (QED) is 0.772. The minimum atomic E-state index is 0.0463. The predicted molar refractivity (Wildman–Crippen MR) is 102 cm³/mol. The van der Waals surface area contributed by atoms with Crippen LogP contribution in [0, 0.1) is 6.92 Å². The Bertz CT molecular complexity index is 943. The highest BCUT2D eigenvalue weighted by atomic mass is 16.2. The van der Waals surface area contributed by atoms with Gasteiger partial charge in [0.15, 0.2) is 0 Å². The van der Waals surface area contributed by atoms with E-state index in [1.807, 2.05) is 34.7 Å². The normalized spacial score (nSPS) is 17.3. The number of aryl methyl sites for hydroxylation is 2. The third kappa shape index (κ3) is 3.37. The first kappa shape index (κ1) is 17.5. The fraction of sp³-hybridized carbons (Fsp3) is 0.400. The fourth-order valence-electron chi connectivity index (χ4n) is 3.75. The summed E-state index contributed by atoms with van der Waals surface area (Å²) in [6.07, 6.45) is 8.24. The largest absolute Gasteiger partial charge is 0.338 e. The number of aromatic nitrogens is 5. The van der Waals surface area contributed by atoms with E-state index < -0.39 is 0 Å². The van der Waals surface area contributed by atoms with E-state index in [1.165, 1.54) is 0 Å². The summed E-state index contributed by atoms with van der Waals surface area (Å²) in [6, 6.07) is 6.11. The number of likely N-dealkylation sites (tertiary alicyclic amines) is 1. The molecular formula is C20H24N6O. The Morgan fingerprint density at radius 1 is 1.37 bits per heavy atom. The Balaban J connectivity index is 1.56. The summed E-state index contributed by atoms with van der Waals surface area (Å²) in [6.45, 7) is 5.43. The third-order valence-corrected chi connectivity index (χ3v) is 5.22. The monoisotopic (exact) mass is 364 g/mol. The van der Waals surface area contributed by atoms with E-state index in [2.05, 4.69) is 28.2 Å². The van der Waals surface area contributed by atoms with Gasteiger partial charge in [-0.05, 0) is 31.9 Å². The Morgan fingerprint density at radius 2 is 2.26 bits per heavy atom. The summed E-state index contributed by atoms with van der Waals surface area (Å²) in [5, 5.41) is 6.82. The van der Waals surface area contributed by atoms with Crippen LogP contribution < -0.4 is 0 Å². The van der Waals surface area contributed by atoms with Crippen LogP contribution in [0.1, 0.15) is 53.3 Å². The first-order chi connectivity index (χ1) is 13.2. The first-order valence-electron chi connectivity index (χ1n) is 9.46. The molecule has 1 amide bonds. The number of carbonyl (C=O) groups excluding carboxylic acids is 1. The Labute approximate surface area is 158 Å². The highest BCUT2D eigenvalue weighted by Crippen LogP contribution is 2.27. The molecule has 0 aliphatic carbocycles. The van der Waals surface area contributed by atoms with Crippen molar-refractivity contribution in [3.8, 4) is 5.82 Å². The van der Waals surface area contributed by atoms with E-state index in [9.17, 15) is 4.79 Å². The molecule has 4 rings (SSSR count). The molecule has 3 aromatic rings. The molecule has 0 saturated carbocycles. The van der Waals surface area contributed by atoms with Crippen LogP contribution in [0.4, 0.5) is 0 Å². The van der Waals surface area contributed by atoms with Crippen LogP contribution in [0.2, 0.25) is 0 Å². The van der Waals surface area contributed by atoms with Crippen molar-refractivity contribution in [3.05, 3.63) is 59.6 Å². The average Bonchev–Trinajstić information content (AvgIpc) is 3.36. The van der Waals surface area contributed by atoms with Crippen LogP contribution in [-0.2, 0) is 6.42 Å². The molecule has 140 valence electrons. The van der Waals surface area contributed by atoms with Crippen LogP contribution in [0.15, 0.2) is 36.8 Å². The van der Waals surface area contributed by atoms with Gasteiger partial charge >= 0.3 is 0 Å². The molecule has 1 aliphatic heterocycles. The molecule has 27 heavy (non-hydrogen) atoms. The van der Waals surface area contributed by atoms with Gasteiger partial charge in [0.2, 0.25) is 0 Å². The van der Waals surface area contributed by atoms with E-state index in [0.717, 1.165) is 48.8 Å². The Hall–Kier alpha value is -2.96. The second-order valence-electron chi connectivity index (χ2n) is 6.99. The maximum atomic E-state index is 12.8. The lowest BCUT2D eigenvalue weighted by Gasteiger charge is -2.32. The molecule has 4 heterocycles. The number of hydrogen-bond acceptors (Lipinski definition) is 4. The molecule has 3 aromatic heterocycles. The SMILES string of the molecule is CCc1nccn1-c1cccc(C2CCCN(C(=O)c3cn[nH]c3C)C2)n1. The van der Waals surface area contributed by atoms with Crippen LogP contribution >= 0.6 is 0 Å². The minimum Gasteiger partial charge on any atom is -0.338 e. The van der Waals surface area contributed by atoms with E-state index in [1.54, 1.807) is 12.4 Å². The van der Waals surface area contributed by atoms with Crippen LogP contribution in [0.25, 0.3) is 5.82 Å². The number of hydrogen-bond donors (Lipinski definition) is 1. The highest BCUT2D eigenvalue weighted by molar-refractivity contribution is 5.95. The van der Waals surface area contributed by atoms with Gasteiger partial charge in [-0.2, -0.15) is 5.10 Å². The second-order valence-corrected chi connectivity index (χ2v) is 6.99. The number of carbonyl (C=O) groups is 1. The number of aromatic amines is 1. The molecule has 1 aliphatic rings. The van der Waals surface area contributed by atoms with E-state index >= 15 is 0 Å². The summed E-state index contributed by atoms with van der Waals surface area (Å²) in [7, 11) is 0. The topological polar surface area (TPSA) is 79.7 Å². The Kier molecular flexibility index (Phi) is 4.75. The average molecular weight is 364 g/mol. The number of rotatable bonds is 4. The summed E-state index contributed by atoms with van der Waals surface area (Å²) in [5.41, 5.74) is 2.50. The van der Waals surface area contributed by atoms with Gasteiger partial charge in [0, 0.05) is 49.2 Å². The zero-order valence-electron chi connectivity index (χ0n) is 15.7. The van der Waals surface area contributed by atoms with Crippen molar-refractivity contribution < 1.29 is 4.79 Å². The van der Waals surface area contributed by atoms with Gasteiger partial charge in [-0.3, -0.25) is 14.5 Å². The number of imidazole rings is 1. The number of nitrogens with one attached hydrogen (secondary N) is 1. The lowest BCUT2D eigenvalue weighted by atomic mass is 9.93. The summed E-state index contributed by atoms with van der Waals surface area (Å²) in [4.78, 5) is 24.0. The molecule has 7 heteroatoms. The predicted octanol–water partition coefficient (Wildman–Crippen LogP) is 2.88.